The molecule has 0 spiro atoms. The summed E-state index contributed by atoms with van der Waals surface area (Å²) in [5.74, 6) is 0.702. The molecule has 1 aromatic heterocycles. The third kappa shape index (κ3) is 3.52. The second-order valence-corrected chi connectivity index (χ2v) is 5.66. The van der Waals surface area contributed by atoms with Crippen LogP contribution in [-0.4, -0.2) is 41.6 Å². The lowest BCUT2D eigenvalue weighted by atomic mass is 9.94. The largest absolute Gasteiger partial charge is 0.379 e. The number of nitrogens with one attached hydrogen (secondary N) is 2. The van der Waals surface area contributed by atoms with Gasteiger partial charge in [-0.2, -0.15) is 5.10 Å². The molecule has 1 aliphatic heterocycles. The topological polar surface area (TPSA) is 51.1 Å². The molecule has 0 bridgehead atoms. The molecule has 2 aliphatic rings. The van der Waals surface area contributed by atoms with Crippen molar-refractivity contribution in [3.05, 3.63) is 18.0 Å². The minimum atomic E-state index is 0. The molecule has 5 nitrogen and oxygen atoms in total. The van der Waals surface area contributed by atoms with Gasteiger partial charge in [-0.1, -0.05) is 6.42 Å². The van der Waals surface area contributed by atoms with Gasteiger partial charge in [-0.15, -0.1) is 12.4 Å². The first kappa shape index (κ1) is 15.8. The Balaban J connectivity index is 0.00000147. The van der Waals surface area contributed by atoms with Gasteiger partial charge in [0.05, 0.1) is 18.9 Å². The van der Waals surface area contributed by atoms with Crippen molar-refractivity contribution < 1.29 is 4.74 Å². The van der Waals surface area contributed by atoms with E-state index in [-0.39, 0.29) is 12.4 Å². The molecule has 0 radical (unpaired) electrons. The van der Waals surface area contributed by atoms with E-state index in [4.69, 9.17) is 4.74 Å². The van der Waals surface area contributed by atoms with Crippen LogP contribution in [0.5, 0.6) is 0 Å². The molecular formula is C14H25ClN4O. The minimum Gasteiger partial charge on any atom is -0.379 e. The van der Waals surface area contributed by atoms with Gasteiger partial charge in [0.1, 0.15) is 0 Å². The molecule has 0 amide bonds. The Hall–Kier alpha value is -0.620. The maximum absolute atomic E-state index is 5.61. The second kappa shape index (κ2) is 7.41. The van der Waals surface area contributed by atoms with Crippen molar-refractivity contribution in [3.8, 4) is 0 Å². The number of nitrogens with zero attached hydrogens (tertiary/aromatic N) is 2. The third-order valence-electron chi connectivity index (χ3n) is 4.50. The summed E-state index contributed by atoms with van der Waals surface area (Å²) in [7, 11) is 2.00. The predicted molar refractivity (Wildman–Crippen MR) is 81.0 cm³/mol. The maximum atomic E-state index is 5.61. The van der Waals surface area contributed by atoms with Gasteiger partial charge in [0.25, 0.3) is 0 Å². The van der Waals surface area contributed by atoms with E-state index in [0.29, 0.717) is 18.0 Å². The zero-order valence-electron chi connectivity index (χ0n) is 12.0. The van der Waals surface area contributed by atoms with Gasteiger partial charge in [0, 0.05) is 38.4 Å². The molecule has 1 saturated heterocycles. The van der Waals surface area contributed by atoms with Crippen molar-refractivity contribution in [3.63, 3.8) is 0 Å². The highest BCUT2D eigenvalue weighted by Crippen LogP contribution is 2.29. The molecule has 2 fully saturated rings. The van der Waals surface area contributed by atoms with Crippen LogP contribution in [0.4, 0.5) is 0 Å². The summed E-state index contributed by atoms with van der Waals surface area (Å²) in [4.78, 5) is 0. The summed E-state index contributed by atoms with van der Waals surface area (Å²) in [5.41, 5.74) is 1.25. The number of aromatic nitrogens is 2. The summed E-state index contributed by atoms with van der Waals surface area (Å²) in [6.45, 7) is 3.63. The van der Waals surface area contributed by atoms with Crippen molar-refractivity contribution in [1.29, 1.82) is 0 Å². The summed E-state index contributed by atoms with van der Waals surface area (Å²) >= 11 is 0. The molecule has 3 unspecified atom stereocenters. The molecule has 2 heterocycles. The summed E-state index contributed by atoms with van der Waals surface area (Å²) < 4.78 is 7.55. The Morgan fingerprint density at radius 1 is 1.50 bits per heavy atom. The zero-order valence-corrected chi connectivity index (χ0v) is 12.9. The number of morpholine rings is 1. The standard InChI is InChI=1S/C14H24N4O.ClH/c1-18-11(5-6-17-18)9-16-13-4-2-3-12(13)14-10-19-8-7-15-14;/h5-6,12-16H,2-4,7-10H2,1H3;1H. The first-order valence-electron chi connectivity index (χ1n) is 7.36. The van der Waals surface area contributed by atoms with Crippen molar-refractivity contribution in [2.75, 3.05) is 19.8 Å². The second-order valence-electron chi connectivity index (χ2n) is 5.66. The fourth-order valence-electron chi connectivity index (χ4n) is 3.39. The molecule has 3 rings (SSSR count). The van der Waals surface area contributed by atoms with Gasteiger partial charge in [-0.3, -0.25) is 4.68 Å². The van der Waals surface area contributed by atoms with Gasteiger partial charge >= 0.3 is 0 Å². The highest BCUT2D eigenvalue weighted by atomic mass is 35.5. The van der Waals surface area contributed by atoms with Crippen LogP contribution in [0, 0.1) is 5.92 Å². The van der Waals surface area contributed by atoms with E-state index in [9.17, 15) is 0 Å². The van der Waals surface area contributed by atoms with Crippen LogP contribution < -0.4 is 10.6 Å². The van der Waals surface area contributed by atoms with E-state index in [1.807, 2.05) is 17.9 Å². The lowest BCUT2D eigenvalue weighted by Crippen LogP contribution is -2.50. The van der Waals surface area contributed by atoms with Gasteiger partial charge in [0.2, 0.25) is 0 Å². The molecule has 3 atom stereocenters. The zero-order chi connectivity index (χ0) is 13.1. The fraction of sp³-hybridized carbons (Fsp3) is 0.786. The monoisotopic (exact) mass is 300 g/mol. The number of hydrogen-bond acceptors (Lipinski definition) is 4. The van der Waals surface area contributed by atoms with E-state index in [1.165, 1.54) is 25.0 Å². The van der Waals surface area contributed by atoms with Crippen LogP contribution in [0.1, 0.15) is 25.0 Å². The first-order valence-corrected chi connectivity index (χ1v) is 7.36. The van der Waals surface area contributed by atoms with Crippen molar-refractivity contribution in [1.82, 2.24) is 20.4 Å². The molecular weight excluding hydrogens is 276 g/mol. The maximum Gasteiger partial charge on any atom is 0.0623 e. The smallest absolute Gasteiger partial charge is 0.0623 e. The summed E-state index contributed by atoms with van der Waals surface area (Å²) in [6.07, 6.45) is 5.77. The molecule has 1 aliphatic carbocycles. The highest BCUT2D eigenvalue weighted by molar-refractivity contribution is 5.85. The minimum absolute atomic E-state index is 0. The molecule has 1 saturated carbocycles. The SMILES string of the molecule is Cl.Cn1nccc1CNC1CCCC1C1COCCN1. The molecule has 20 heavy (non-hydrogen) atoms. The summed E-state index contributed by atoms with van der Waals surface area (Å²) in [6, 6.07) is 3.22. The van der Waals surface area contributed by atoms with Gasteiger partial charge in [-0.25, -0.2) is 0 Å². The van der Waals surface area contributed by atoms with Crippen LogP contribution in [0.2, 0.25) is 0 Å². The molecule has 2 N–H and O–H groups in total. The lowest BCUT2D eigenvalue weighted by molar-refractivity contribution is 0.0524. The summed E-state index contributed by atoms with van der Waals surface area (Å²) in [5, 5.41) is 11.5. The van der Waals surface area contributed by atoms with Gasteiger partial charge in [0.15, 0.2) is 0 Å². The Morgan fingerprint density at radius 2 is 2.40 bits per heavy atom. The lowest BCUT2D eigenvalue weighted by Gasteiger charge is -2.33. The molecule has 1 aromatic rings. The Bertz CT molecular complexity index is 406. The quantitative estimate of drug-likeness (QED) is 0.874. The fourth-order valence-corrected chi connectivity index (χ4v) is 3.39. The third-order valence-corrected chi connectivity index (χ3v) is 4.50. The molecule has 0 aromatic carbocycles. The van der Waals surface area contributed by atoms with Crippen LogP contribution in [0.25, 0.3) is 0 Å². The van der Waals surface area contributed by atoms with Gasteiger partial charge < -0.3 is 15.4 Å². The number of aryl methyl sites for hydroxylation is 1. The Labute approximate surface area is 126 Å². The van der Waals surface area contributed by atoms with Crippen molar-refractivity contribution >= 4 is 12.4 Å². The number of ether oxygens (including phenoxy) is 1. The van der Waals surface area contributed by atoms with E-state index >= 15 is 0 Å². The van der Waals surface area contributed by atoms with Crippen LogP contribution in [0.3, 0.4) is 0 Å². The number of hydrogen-bond donors (Lipinski definition) is 2. The average molecular weight is 301 g/mol. The normalized spacial score (nSPS) is 30.1. The number of halogens is 1. The average Bonchev–Trinajstić information content (AvgIpc) is 3.06. The number of rotatable bonds is 4. The van der Waals surface area contributed by atoms with Gasteiger partial charge in [-0.05, 0) is 24.8 Å². The predicted octanol–water partition coefficient (Wildman–Crippen LogP) is 1.09. The Kier molecular flexibility index (Phi) is 5.84. The van der Waals surface area contributed by atoms with E-state index < -0.39 is 0 Å². The highest BCUT2D eigenvalue weighted by Gasteiger charge is 2.34. The Morgan fingerprint density at radius 3 is 3.10 bits per heavy atom. The van der Waals surface area contributed by atoms with Crippen LogP contribution in [-0.2, 0) is 18.3 Å². The van der Waals surface area contributed by atoms with E-state index in [0.717, 1.165) is 26.3 Å². The van der Waals surface area contributed by atoms with Crippen LogP contribution in [0.15, 0.2) is 12.3 Å². The first-order chi connectivity index (χ1) is 9.34. The van der Waals surface area contributed by atoms with Crippen molar-refractivity contribution in [2.24, 2.45) is 13.0 Å². The van der Waals surface area contributed by atoms with E-state index in [2.05, 4.69) is 21.8 Å². The van der Waals surface area contributed by atoms with Crippen molar-refractivity contribution in [2.45, 2.75) is 37.9 Å². The molecule has 114 valence electrons. The van der Waals surface area contributed by atoms with Crippen LogP contribution >= 0.6 is 12.4 Å². The van der Waals surface area contributed by atoms with E-state index in [1.54, 1.807) is 0 Å². The molecule has 6 heteroatoms.